The van der Waals surface area contributed by atoms with Crippen LogP contribution < -0.4 is 5.32 Å². The van der Waals surface area contributed by atoms with Crippen LogP contribution in [-0.4, -0.2) is 17.6 Å². The maximum Gasteiger partial charge on any atom is 0.340 e. The van der Waals surface area contributed by atoms with Crippen LogP contribution in [0.15, 0.2) is 54.6 Å². The summed E-state index contributed by atoms with van der Waals surface area (Å²) in [5, 5.41) is 13.8. The van der Waals surface area contributed by atoms with Crippen LogP contribution in [-0.2, 0) is 11.3 Å². The van der Waals surface area contributed by atoms with Crippen molar-refractivity contribution in [3.05, 3.63) is 81.3 Å². The molecule has 0 amide bonds. The average Bonchev–Trinajstić information content (AvgIpc) is 2.73. The van der Waals surface area contributed by atoms with Crippen molar-refractivity contribution in [1.29, 1.82) is 5.26 Å². The maximum absolute atomic E-state index is 12.5. The quantitative estimate of drug-likeness (QED) is 0.511. The number of ether oxygens (including phenoxy) is 1. The Morgan fingerprint density at radius 3 is 2.59 bits per heavy atom. The topological polar surface area (TPSA) is 75.0 Å². The van der Waals surface area contributed by atoms with Crippen LogP contribution in [0.4, 0.5) is 5.82 Å². The first kappa shape index (κ1) is 20.7. The van der Waals surface area contributed by atoms with Crippen molar-refractivity contribution < 1.29 is 9.53 Å². The zero-order valence-electron chi connectivity index (χ0n) is 15.6. The first-order chi connectivity index (χ1) is 14.0. The third-order valence-electron chi connectivity index (χ3n) is 4.15. The van der Waals surface area contributed by atoms with Gasteiger partial charge in [-0.1, -0.05) is 59.6 Å². The molecule has 3 rings (SSSR count). The van der Waals surface area contributed by atoms with Crippen molar-refractivity contribution in [2.75, 3.05) is 11.9 Å². The zero-order chi connectivity index (χ0) is 20.8. The van der Waals surface area contributed by atoms with Gasteiger partial charge in [0.2, 0.25) is 0 Å². The van der Waals surface area contributed by atoms with E-state index in [-0.39, 0.29) is 17.7 Å². The van der Waals surface area contributed by atoms with Crippen molar-refractivity contribution >= 4 is 35.0 Å². The summed E-state index contributed by atoms with van der Waals surface area (Å²) < 4.78 is 5.15. The van der Waals surface area contributed by atoms with Crippen molar-refractivity contribution in [2.45, 2.75) is 13.5 Å². The van der Waals surface area contributed by atoms with Crippen LogP contribution >= 0.6 is 23.2 Å². The van der Waals surface area contributed by atoms with E-state index in [0.29, 0.717) is 28.1 Å². The molecule has 0 spiro atoms. The number of nitriles is 1. The molecule has 3 aromatic rings. The molecule has 2 aromatic carbocycles. The third kappa shape index (κ3) is 4.86. The monoisotopic (exact) mass is 425 g/mol. The molecule has 0 saturated carbocycles. The number of anilines is 1. The molecule has 1 heterocycles. The molecule has 0 radical (unpaired) electrons. The number of aromatic nitrogens is 1. The molecule has 0 unspecified atom stereocenters. The van der Waals surface area contributed by atoms with Gasteiger partial charge in [0.05, 0.1) is 23.4 Å². The summed E-state index contributed by atoms with van der Waals surface area (Å²) in [6.07, 6.45) is 0. The van der Waals surface area contributed by atoms with E-state index < -0.39 is 5.97 Å². The minimum absolute atomic E-state index is 0.226. The first-order valence-corrected chi connectivity index (χ1v) is 9.64. The Balaban J connectivity index is 2.02. The van der Waals surface area contributed by atoms with Gasteiger partial charge in [0.1, 0.15) is 11.9 Å². The Morgan fingerprint density at radius 1 is 1.17 bits per heavy atom. The number of halogens is 2. The Bertz CT molecular complexity index is 1080. The van der Waals surface area contributed by atoms with Gasteiger partial charge in [-0.2, -0.15) is 5.26 Å². The number of benzene rings is 2. The van der Waals surface area contributed by atoms with E-state index in [1.165, 1.54) is 6.07 Å². The minimum atomic E-state index is -0.525. The summed E-state index contributed by atoms with van der Waals surface area (Å²) in [6, 6.07) is 18.0. The fraction of sp³-hybridized carbons (Fsp3) is 0.136. The van der Waals surface area contributed by atoms with Crippen molar-refractivity contribution in [2.24, 2.45) is 0 Å². The van der Waals surface area contributed by atoms with Crippen LogP contribution in [0.25, 0.3) is 11.3 Å². The molecule has 1 aromatic heterocycles. The number of hydrogen-bond acceptors (Lipinski definition) is 5. The normalized spacial score (nSPS) is 10.3. The van der Waals surface area contributed by atoms with Gasteiger partial charge in [-0.25, -0.2) is 9.78 Å². The lowest BCUT2D eigenvalue weighted by atomic mass is 10.0. The second-order valence-corrected chi connectivity index (χ2v) is 6.91. The summed E-state index contributed by atoms with van der Waals surface area (Å²) in [5.74, 6) is -0.173. The zero-order valence-corrected chi connectivity index (χ0v) is 17.1. The van der Waals surface area contributed by atoms with E-state index in [1.54, 1.807) is 25.1 Å². The van der Waals surface area contributed by atoms with Gasteiger partial charge >= 0.3 is 5.97 Å². The van der Waals surface area contributed by atoms with E-state index in [4.69, 9.17) is 27.9 Å². The molecule has 0 aliphatic heterocycles. The predicted octanol–water partition coefficient (Wildman–Crippen LogP) is 5.72. The number of rotatable bonds is 6. The highest BCUT2D eigenvalue weighted by Gasteiger charge is 2.20. The van der Waals surface area contributed by atoms with Gasteiger partial charge in [-0.05, 0) is 30.7 Å². The summed E-state index contributed by atoms with van der Waals surface area (Å²) in [7, 11) is 0. The maximum atomic E-state index is 12.5. The van der Waals surface area contributed by atoms with E-state index in [9.17, 15) is 10.1 Å². The van der Waals surface area contributed by atoms with E-state index >= 15 is 0 Å². The molecule has 0 bridgehead atoms. The fourth-order valence-corrected chi connectivity index (χ4v) is 3.23. The molecule has 0 fully saturated rings. The number of carbonyl (C=O) groups excluding carboxylic acids is 1. The summed E-state index contributed by atoms with van der Waals surface area (Å²) in [4.78, 5) is 17.0. The summed E-state index contributed by atoms with van der Waals surface area (Å²) in [6.45, 7) is 2.29. The van der Waals surface area contributed by atoms with Gasteiger partial charge < -0.3 is 10.1 Å². The summed E-state index contributed by atoms with van der Waals surface area (Å²) in [5.41, 5.74) is 2.46. The lowest BCUT2D eigenvalue weighted by Gasteiger charge is -2.14. The molecule has 0 aliphatic carbocycles. The molecule has 7 heteroatoms. The van der Waals surface area contributed by atoms with E-state index in [1.807, 2.05) is 30.3 Å². The van der Waals surface area contributed by atoms with Crippen LogP contribution in [0.1, 0.15) is 28.4 Å². The number of pyridine rings is 1. The molecular weight excluding hydrogens is 409 g/mol. The van der Waals surface area contributed by atoms with Crippen LogP contribution in [0.3, 0.4) is 0 Å². The molecule has 0 saturated heterocycles. The van der Waals surface area contributed by atoms with Crippen LogP contribution in [0.5, 0.6) is 0 Å². The molecule has 0 atom stereocenters. The first-order valence-electron chi connectivity index (χ1n) is 8.89. The van der Waals surface area contributed by atoms with E-state index in [2.05, 4.69) is 16.4 Å². The average molecular weight is 426 g/mol. The molecule has 5 nitrogen and oxygen atoms in total. The Morgan fingerprint density at radius 2 is 1.93 bits per heavy atom. The third-order valence-corrected chi connectivity index (χ3v) is 4.73. The van der Waals surface area contributed by atoms with Gasteiger partial charge in [-0.3, -0.25) is 0 Å². The number of esters is 1. The van der Waals surface area contributed by atoms with E-state index in [0.717, 1.165) is 11.1 Å². The van der Waals surface area contributed by atoms with Gasteiger partial charge in [-0.15, -0.1) is 0 Å². The lowest BCUT2D eigenvalue weighted by molar-refractivity contribution is 0.0527. The Labute approximate surface area is 178 Å². The smallest absolute Gasteiger partial charge is 0.340 e. The highest BCUT2D eigenvalue weighted by molar-refractivity contribution is 6.35. The second kappa shape index (κ2) is 9.42. The number of hydrogen-bond donors (Lipinski definition) is 1. The second-order valence-electron chi connectivity index (χ2n) is 6.07. The minimum Gasteiger partial charge on any atom is -0.462 e. The van der Waals surface area contributed by atoms with Crippen LogP contribution in [0, 0.1) is 11.3 Å². The standard InChI is InChI=1S/C22H17Cl2N3O2/c1-2-29-22(28)18-10-16(12-25)21(27-20(18)14-6-4-3-5-7-14)26-13-15-8-9-17(23)11-19(15)24/h3-11H,2,13H2,1H3,(H,26,27). The predicted molar refractivity (Wildman–Crippen MR) is 114 cm³/mol. The Hall–Kier alpha value is -3.07. The highest BCUT2D eigenvalue weighted by atomic mass is 35.5. The molecule has 0 aliphatic rings. The number of nitrogens with one attached hydrogen (secondary N) is 1. The van der Waals surface area contributed by atoms with Crippen molar-refractivity contribution in [3.63, 3.8) is 0 Å². The lowest BCUT2D eigenvalue weighted by Crippen LogP contribution is -2.11. The fourth-order valence-electron chi connectivity index (χ4n) is 2.76. The van der Waals surface area contributed by atoms with Crippen molar-refractivity contribution in [3.8, 4) is 17.3 Å². The largest absolute Gasteiger partial charge is 0.462 e. The molecular formula is C22H17Cl2N3O2. The van der Waals surface area contributed by atoms with Gasteiger partial charge in [0.15, 0.2) is 0 Å². The SMILES string of the molecule is CCOC(=O)c1cc(C#N)c(NCc2ccc(Cl)cc2Cl)nc1-c1ccccc1. The van der Waals surface area contributed by atoms with Gasteiger partial charge in [0, 0.05) is 22.2 Å². The Kier molecular flexibility index (Phi) is 6.71. The number of nitrogens with zero attached hydrogens (tertiary/aromatic N) is 2. The van der Waals surface area contributed by atoms with Crippen molar-refractivity contribution in [1.82, 2.24) is 4.98 Å². The molecule has 146 valence electrons. The molecule has 1 N–H and O–H groups in total. The van der Waals surface area contributed by atoms with Gasteiger partial charge in [0.25, 0.3) is 0 Å². The molecule has 29 heavy (non-hydrogen) atoms. The number of carbonyl (C=O) groups is 1. The highest BCUT2D eigenvalue weighted by Crippen LogP contribution is 2.28. The summed E-state index contributed by atoms with van der Waals surface area (Å²) >= 11 is 12.2. The van der Waals surface area contributed by atoms with Crippen LogP contribution in [0.2, 0.25) is 10.0 Å².